The van der Waals surface area contributed by atoms with Gasteiger partial charge in [0.1, 0.15) is 0 Å². The van der Waals surface area contributed by atoms with Crippen molar-refractivity contribution in [3.63, 3.8) is 0 Å². The minimum atomic E-state index is -2.54. The second-order valence-corrected chi connectivity index (χ2v) is 19.6. The summed E-state index contributed by atoms with van der Waals surface area (Å²) in [5.74, 6) is 0. The van der Waals surface area contributed by atoms with Gasteiger partial charge in [0.2, 0.25) is 0 Å². The molecule has 1 aliphatic rings. The van der Waals surface area contributed by atoms with Crippen LogP contribution in [0.2, 0.25) is 10.6 Å². The second kappa shape index (κ2) is 12.5. The zero-order valence-electron chi connectivity index (χ0n) is 27.3. The number of hydrogen-bond acceptors (Lipinski definition) is 1. The Balaban J connectivity index is 1.46. The number of fused-ring (bicyclic) bond motifs is 1. The quantitative estimate of drug-likeness (QED) is 0.166. The molecule has 3 heteroatoms. The summed E-state index contributed by atoms with van der Waals surface area (Å²) in [4.78, 5) is 2.34. The molecule has 0 N–H and O–H groups in total. The molecule has 6 rings (SSSR count). The van der Waals surface area contributed by atoms with Gasteiger partial charge in [-0.2, -0.15) is 0 Å². The molecule has 1 heterocycles. The van der Waals surface area contributed by atoms with E-state index in [0.717, 1.165) is 16.3 Å². The summed E-state index contributed by atoms with van der Waals surface area (Å²) in [5.41, 5.74) is 5.47. The lowest BCUT2D eigenvalue weighted by molar-refractivity contribution is 0.404. The average Bonchev–Trinajstić information content (AvgIpc) is 3.13. The lowest BCUT2D eigenvalue weighted by Crippen LogP contribution is -2.71. The van der Waals surface area contributed by atoms with Gasteiger partial charge < -0.3 is 0 Å². The Morgan fingerprint density at radius 1 is 0.778 bits per heavy atom. The molecule has 1 unspecified atom stereocenters. The second-order valence-electron chi connectivity index (χ2n) is 14.0. The van der Waals surface area contributed by atoms with E-state index in [0.29, 0.717) is 5.54 Å². The first-order valence-corrected chi connectivity index (χ1v) is 19.3. The van der Waals surface area contributed by atoms with Crippen LogP contribution in [0.5, 0.6) is 0 Å². The van der Waals surface area contributed by atoms with E-state index in [-0.39, 0.29) is 10.8 Å². The summed E-state index contributed by atoms with van der Waals surface area (Å²) in [6, 6.07) is 45.3. The molecular weight excluding hydrogens is 600 g/mol. The number of halogens is 1. The Morgan fingerprint density at radius 2 is 1.36 bits per heavy atom. The van der Waals surface area contributed by atoms with Crippen LogP contribution >= 0.6 is 23.4 Å². The molecule has 0 radical (unpaired) electrons. The summed E-state index contributed by atoms with van der Waals surface area (Å²) >= 11 is 9.13. The summed E-state index contributed by atoms with van der Waals surface area (Å²) in [6.45, 7) is 13.9. The van der Waals surface area contributed by atoms with Crippen molar-refractivity contribution in [2.75, 3.05) is 0 Å². The predicted molar refractivity (Wildman–Crippen MR) is 200 cm³/mol. The smallest absolute Gasteiger partial charge is 0.0885 e. The van der Waals surface area contributed by atoms with E-state index in [2.05, 4.69) is 175 Å². The molecule has 228 valence electrons. The fourth-order valence-electron chi connectivity index (χ4n) is 7.32. The Bertz CT molecular complexity index is 1780. The Labute approximate surface area is 280 Å². The van der Waals surface area contributed by atoms with Crippen molar-refractivity contribution in [3.05, 3.63) is 155 Å². The van der Waals surface area contributed by atoms with Crippen LogP contribution in [0.15, 0.2) is 137 Å². The molecule has 0 saturated heterocycles. The van der Waals surface area contributed by atoms with Gasteiger partial charge in [0, 0.05) is 9.79 Å². The first kappa shape index (κ1) is 31.7. The van der Waals surface area contributed by atoms with Crippen LogP contribution in [0.25, 0.3) is 6.08 Å². The van der Waals surface area contributed by atoms with Crippen molar-refractivity contribution in [1.82, 2.24) is 0 Å². The van der Waals surface area contributed by atoms with Crippen molar-refractivity contribution in [2.45, 2.75) is 68.7 Å². The predicted octanol–water partition coefficient (Wildman–Crippen LogP) is 10.2. The molecule has 1 aliphatic heterocycles. The van der Waals surface area contributed by atoms with Crippen LogP contribution in [0.1, 0.15) is 56.9 Å². The molecule has 45 heavy (non-hydrogen) atoms. The topological polar surface area (TPSA) is 0 Å². The monoisotopic (exact) mass is 642 g/mol. The van der Waals surface area contributed by atoms with E-state index in [1.165, 1.54) is 42.7 Å². The summed E-state index contributed by atoms with van der Waals surface area (Å²) < 4.78 is 0. The van der Waals surface area contributed by atoms with Crippen LogP contribution < -0.4 is 15.6 Å². The van der Waals surface area contributed by atoms with Crippen molar-refractivity contribution >= 4 is 53.1 Å². The Kier molecular flexibility index (Phi) is 8.78. The molecule has 0 saturated carbocycles. The highest BCUT2D eigenvalue weighted by atomic mass is 35.5. The molecule has 0 aromatic heterocycles. The maximum atomic E-state index is 7.36. The minimum Gasteiger partial charge on any atom is -0.0885 e. The van der Waals surface area contributed by atoms with Gasteiger partial charge in [-0.1, -0.05) is 173 Å². The normalized spacial score (nSPS) is 19.1. The lowest BCUT2D eigenvalue weighted by Gasteiger charge is -2.46. The van der Waals surface area contributed by atoms with Gasteiger partial charge in [0.25, 0.3) is 0 Å². The molecule has 5 aromatic carbocycles. The third kappa shape index (κ3) is 6.01. The van der Waals surface area contributed by atoms with E-state index in [1.807, 2.05) is 0 Å². The number of allylic oxidation sites excluding steroid dienone is 1. The van der Waals surface area contributed by atoms with Gasteiger partial charge in [-0.05, 0) is 85.7 Å². The van der Waals surface area contributed by atoms with E-state index in [9.17, 15) is 0 Å². The summed E-state index contributed by atoms with van der Waals surface area (Å²) in [6.07, 6.45) is 5.75. The van der Waals surface area contributed by atoms with Crippen molar-refractivity contribution < 1.29 is 0 Å². The maximum Gasteiger partial charge on any atom is 0.152 e. The van der Waals surface area contributed by atoms with Crippen LogP contribution in [0.4, 0.5) is 0 Å². The third-order valence-electron chi connectivity index (χ3n) is 9.90. The van der Waals surface area contributed by atoms with E-state index < -0.39 is 8.07 Å². The minimum absolute atomic E-state index is 0.132. The molecule has 0 amide bonds. The van der Waals surface area contributed by atoms with Gasteiger partial charge >= 0.3 is 0 Å². The zero-order valence-corrected chi connectivity index (χ0v) is 29.8. The molecular formula is C42H43ClSSi. The van der Waals surface area contributed by atoms with Crippen LogP contribution in [-0.2, 0) is 11.8 Å². The number of rotatable bonds is 6. The van der Waals surface area contributed by atoms with Crippen LogP contribution in [0.3, 0.4) is 0 Å². The molecule has 0 fully saturated rings. The highest BCUT2D eigenvalue weighted by Gasteiger charge is 2.52. The molecule has 0 bridgehead atoms. The average molecular weight is 643 g/mol. The number of aryl methyl sites for hydroxylation is 1. The summed E-state index contributed by atoms with van der Waals surface area (Å²) in [7, 11) is -2.54. The molecule has 0 spiro atoms. The van der Waals surface area contributed by atoms with E-state index in [4.69, 9.17) is 11.6 Å². The fraction of sp³-hybridized carbons (Fsp3) is 0.238. The van der Waals surface area contributed by atoms with Crippen molar-refractivity contribution in [2.24, 2.45) is 5.41 Å². The number of benzene rings is 5. The van der Waals surface area contributed by atoms with Crippen LogP contribution in [-0.4, -0.2) is 8.07 Å². The van der Waals surface area contributed by atoms with Crippen molar-refractivity contribution in [1.29, 1.82) is 0 Å². The van der Waals surface area contributed by atoms with Gasteiger partial charge in [0.15, 0.2) is 8.07 Å². The third-order valence-corrected chi connectivity index (χ3v) is 17.3. The maximum absolute atomic E-state index is 7.36. The summed E-state index contributed by atoms with van der Waals surface area (Å²) in [5, 5.41) is 5.27. The van der Waals surface area contributed by atoms with Gasteiger partial charge in [-0.15, -0.1) is 0 Å². The molecule has 0 nitrogen and oxygen atoms in total. The van der Waals surface area contributed by atoms with Gasteiger partial charge in [0.05, 0.1) is 5.02 Å². The zero-order chi connectivity index (χ0) is 31.8. The van der Waals surface area contributed by atoms with Gasteiger partial charge in [-0.25, -0.2) is 0 Å². The van der Waals surface area contributed by atoms with Crippen LogP contribution in [0, 0.1) is 12.3 Å². The largest absolute Gasteiger partial charge is 0.152 e. The fourth-order valence-corrected chi connectivity index (χ4v) is 14.6. The van der Waals surface area contributed by atoms with Crippen molar-refractivity contribution in [3.8, 4) is 0 Å². The highest BCUT2D eigenvalue weighted by molar-refractivity contribution is 7.99. The highest BCUT2D eigenvalue weighted by Crippen LogP contribution is 2.48. The Hall–Kier alpha value is -3.30. The first-order chi connectivity index (χ1) is 21.5. The Morgan fingerprint density at radius 3 is 1.96 bits per heavy atom. The van der Waals surface area contributed by atoms with E-state index in [1.54, 1.807) is 11.8 Å². The standard InChI is InChI=1S/C42H43ClSSi/c1-30-27-33(40(43)38(28-30)44-35-23-21-34(22-24-35)41(3,4)5)29-42(6)26-25-32-15-13-14-20-39(32)45(31(42)2,36-16-9-7-10-17-36)37-18-11-8-12-19-37/h7-28,31H,29H2,1-6H3/t31-,42?/m0/s1. The van der Waals surface area contributed by atoms with Gasteiger partial charge in [-0.3, -0.25) is 0 Å². The van der Waals surface area contributed by atoms with E-state index >= 15 is 0 Å². The molecule has 2 atom stereocenters. The lowest BCUT2D eigenvalue weighted by atomic mass is 9.79. The number of hydrogen-bond donors (Lipinski definition) is 0. The SMILES string of the molecule is Cc1cc(CC2(C)C=Cc3ccccc3[Si](c3ccccc3)(c3ccccc3)[C@H]2C)c(Cl)c(Sc2ccc(C(C)(C)C)cc2)c1. The molecule has 5 aromatic rings. The molecule has 0 aliphatic carbocycles. The first-order valence-electron chi connectivity index (χ1n) is 16.0.